The van der Waals surface area contributed by atoms with E-state index in [0.717, 1.165) is 48.3 Å². The van der Waals surface area contributed by atoms with Gasteiger partial charge in [0.2, 0.25) is 0 Å². The van der Waals surface area contributed by atoms with Crippen molar-refractivity contribution in [2.24, 2.45) is 0 Å². The summed E-state index contributed by atoms with van der Waals surface area (Å²) in [5.41, 5.74) is 2.76. The number of carbonyl (C=O) groups is 2. The lowest BCUT2D eigenvalue weighted by molar-refractivity contribution is 0.0335. The molecule has 0 spiro atoms. The Bertz CT molecular complexity index is 1170. The third-order valence-electron chi connectivity index (χ3n) is 6.30. The Balaban J connectivity index is 1.44. The van der Waals surface area contributed by atoms with Gasteiger partial charge in [0.05, 0.1) is 11.7 Å². The van der Waals surface area contributed by atoms with Gasteiger partial charge in [-0.05, 0) is 80.3 Å². The summed E-state index contributed by atoms with van der Waals surface area (Å²) in [5.74, 6) is 1.16. The molecule has 2 heterocycles. The Hall–Kier alpha value is -3.06. The maximum atomic E-state index is 13.0. The quantitative estimate of drug-likeness (QED) is 0.320. The Kier molecular flexibility index (Phi) is 7.96. The summed E-state index contributed by atoms with van der Waals surface area (Å²) in [6.07, 6.45) is 4.41. The topological polar surface area (TPSA) is 77.8 Å². The fourth-order valence-electron chi connectivity index (χ4n) is 4.04. The van der Waals surface area contributed by atoms with E-state index in [4.69, 9.17) is 13.9 Å². The van der Waals surface area contributed by atoms with Crippen molar-refractivity contribution in [1.29, 1.82) is 0 Å². The highest BCUT2D eigenvalue weighted by molar-refractivity contribution is 7.17. The fraction of sp³-hybridized carbons (Fsp3) is 0.429. The molecule has 6 nitrogen and oxygen atoms in total. The molecule has 1 N–H and O–H groups in total. The van der Waals surface area contributed by atoms with Crippen LogP contribution in [-0.2, 0) is 24.2 Å². The van der Waals surface area contributed by atoms with Crippen molar-refractivity contribution in [2.75, 3.05) is 5.32 Å². The highest BCUT2D eigenvalue weighted by Crippen LogP contribution is 2.39. The summed E-state index contributed by atoms with van der Waals surface area (Å²) in [5, 5.41) is 3.44. The number of amides is 1. The number of benzene rings is 1. The molecule has 1 amide bonds. The molecule has 1 atom stereocenters. The van der Waals surface area contributed by atoms with E-state index in [1.165, 1.54) is 16.9 Å². The van der Waals surface area contributed by atoms with E-state index in [1.54, 1.807) is 12.1 Å². The van der Waals surface area contributed by atoms with Gasteiger partial charge in [0.25, 0.3) is 5.91 Å². The molecule has 1 aliphatic rings. The molecule has 0 saturated heterocycles. The van der Waals surface area contributed by atoms with Crippen LogP contribution >= 0.6 is 11.3 Å². The van der Waals surface area contributed by atoms with Gasteiger partial charge in [-0.2, -0.15) is 0 Å². The van der Waals surface area contributed by atoms with Gasteiger partial charge < -0.3 is 19.2 Å². The number of hydrogen-bond acceptors (Lipinski definition) is 6. The van der Waals surface area contributed by atoms with Crippen LogP contribution < -0.4 is 10.1 Å². The van der Waals surface area contributed by atoms with Crippen LogP contribution in [0.1, 0.15) is 95.6 Å². The highest BCUT2D eigenvalue weighted by atomic mass is 32.1. The van der Waals surface area contributed by atoms with E-state index >= 15 is 0 Å². The van der Waals surface area contributed by atoms with Gasteiger partial charge in [0, 0.05) is 4.88 Å². The predicted molar refractivity (Wildman–Crippen MR) is 138 cm³/mol. The molecule has 1 unspecified atom stereocenters. The van der Waals surface area contributed by atoms with Crippen molar-refractivity contribution >= 4 is 28.2 Å². The molecular weight excluding hydrogens is 462 g/mol. The van der Waals surface area contributed by atoms with Crippen molar-refractivity contribution in [2.45, 2.75) is 78.4 Å². The summed E-state index contributed by atoms with van der Waals surface area (Å²) >= 11 is 1.47. The van der Waals surface area contributed by atoms with E-state index < -0.39 is 5.91 Å². The van der Waals surface area contributed by atoms with Crippen LogP contribution in [0, 0.1) is 0 Å². The number of esters is 1. The van der Waals surface area contributed by atoms with Crippen LogP contribution in [-0.4, -0.2) is 18.0 Å². The number of aryl methyl sites for hydroxylation is 1. The molecule has 0 saturated carbocycles. The normalized spacial score (nSPS) is 13.9. The van der Waals surface area contributed by atoms with Gasteiger partial charge >= 0.3 is 5.97 Å². The van der Waals surface area contributed by atoms with E-state index in [1.807, 2.05) is 38.1 Å². The van der Waals surface area contributed by atoms with Gasteiger partial charge in [-0.3, -0.25) is 4.79 Å². The molecule has 1 aliphatic carbocycles. The number of nitrogens with one attached hydrogen (secondary N) is 1. The maximum Gasteiger partial charge on any atom is 0.341 e. The van der Waals surface area contributed by atoms with E-state index in [0.29, 0.717) is 22.2 Å². The largest absolute Gasteiger partial charge is 0.486 e. The Morgan fingerprint density at radius 3 is 2.51 bits per heavy atom. The van der Waals surface area contributed by atoms with Crippen molar-refractivity contribution in [3.63, 3.8) is 0 Å². The van der Waals surface area contributed by atoms with Gasteiger partial charge in [0.15, 0.2) is 5.76 Å². The number of thiophene rings is 1. The van der Waals surface area contributed by atoms with Crippen molar-refractivity contribution in [3.05, 3.63) is 69.5 Å². The molecule has 35 heavy (non-hydrogen) atoms. The minimum Gasteiger partial charge on any atom is -0.486 e. The number of fused-ring (bicyclic) bond motifs is 1. The second-order valence-electron chi connectivity index (χ2n) is 9.27. The molecule has 0 aliphatic heterocycles. The minimum absolute atomic E-state index is 0.173. The van der Waals surface area contributed by atoms with E-state index in [9.17, 15) is 9.59 Å². The second kappa shape index (κ2) is 11.1. The average molecular weight is 496 g/mol. The number of rotatable bonds is 9. The number of anilines is 1. The molecule has 4 rings (SSSR count). The van der Waals surface area contributed by atoms with E-state index in [-0.39, 0.29) is 24.4 Å². The van der Waals surface area contributed by atoms with Gasteiger partial charge in [-0.15, -0.1) is 11.3 Å². The first-order chi connectivity index (χ1) is 16.9. The number of ether oxygens (including phenoxy) is 2. The zero-order valence-electron chi connectivity index (χ0n) is 20.8. The van der Waals surface area contributed by atoms with Gasteiger partial charge in [-0.25, -0.2) is 4.79 Å². The molecule has 1 aromatic carbocycles. The minimum atomic E-state index is -0.395. The standard InChI is InChI=1S/C28H33NO5S/c1-5-18(4)33-28(31)25-22-8-6-7-9-24(22)35-27(25)29-26(30)23-15-14-21(34-23)16-32-20-12-10-19(11-13-20)17(2)3/h10-15,17-18H,5-9,16H2,1-4H3,(H,29,30). The fourth-order valence-corrected chi connectivity index (χ4v) is 5.31. The first kappa shape index (κ1) is 25.0. The lowest BCUT2D eigenvalue weighted by atomic mass is 9.95. The summed E-state index contributed by atoms with van der Waals surface area (Å²) in [4.78, 5) is 27.1. The van der Waals surface area contributed by atoms with Crippen molar-refractivity contribution < 1.29 is 23.5 Å². The van der Waals surface area contributed by atoms with Gasteiger partial charge in [-0.1, -0.05) is 32.9 Å². The van der Waals surface area contributed by atoms with E-state index in [2.05, 4.69) is 19.2 Å². The highest BCUT2D eigenvalue weighted by Gasteiger charge is 2.28. The summed E-state index contributed by atoms with van der Waals surface area (Å²) in [7, 11) is 0. The molecule has 2 aromatic heterocycles. The lowest BCUT2D eigenvalue weighted by Crippen LogP contribution is -2.18. The monoisotopic (exact) mass is 495 g/mol. The average Bonchev–Trinajstić information content (AvgIpc) is 3.47. The second-order valence-corrected chi connectivity index (χ2v) is 10.4. The smallest absolute Gasteiger partial charge is 0.341 e. The first-order valence-corrected chi connectivity index (χ1v) is 13.2. The Labute approximate surface area is 210 Å². The molecular formula is C28H33NO5S. The third kappa shape index (κ3) is 5.96. The van der Waals surface area contributed by atoms with Crippen LogP contribution in [0.25, 0.3) is 0 Å². The van der Waals surface area contributed by atoms with Crippen LogP contribution in [0.5, 0.6) is 5.75 Å². The SMILES string of the molecule is CCC(C)OC(=O)c1c(NC(=O)c2ccc(COc3ccc(C(C)C)cc3)o2)sc2c1CCCC2. The number of furan rings is 1. The van der Waals surface area contributed by atoms with Crippen LogP contribution in [0.3, 0.4) is 0 Å². The molecule has 0 fully saturated rings. The number of carbonyl (C=O) groups excluding carboxylic acids is 2. The summed E-state index contributed by atoms with van der Waals surface area (Å²) < 4.78 is 17.2. The van der Waals surface area contributed by atoms with Gasteiger partial charge in [0.1, 0.15) is 23.1 Å². The molecule has 0 bridgehead atoms. The summed E-state index contributed by atoms with van der Waals surface area (Å²) in [6, 6.07) is 11.3. The van der Waals surface area contributed by atoms with Crippen molar-refractivity contribution in [3.8, 4) is 5.75 Å². The first-order valence-electron chi connectivity index (χ1n) is 12.3. The molecule has 3 aromatic rings. The third-order valence-corrected chi connectivity index (χ3v) is 7.51. The predicted octanol–water partition coefficient (Wildman–Crippen LogP) is 7.13. The lowest BCUT2D eigenvalue weighted by Gasteiger charge is -2.15. The molecule has 0 radical (unpaired) electrons. The zero-order chi connectivity index (χ0) is 24.9. The molecule has 7 heteroatoms. The van der Waals surface area contributed by atoms with Crippen molar-refractivity contribution in [1.82, 2.24) is 0 Å². The molecule has 186 valence electrons. The van der Waals surface area contributed by atoms with Crippen LogP contribution in [0.15, 0.2) is 40.8 Å². The van der Waals surface area contributed by atoms with Crippen LogP contribution in [0.2, 0.25) is 0 Å². The zero-order valence-corrected chi connectivity index (χ0v) is 21.6. The van der Waals surface area contributed by atoms with Crippen LogP contribution in [0.4, 0.5) is 5.00 Å². The number of hydrogen-bond donors (Lipinski definition) is 1. The maximum absolute atomic E-state index is 13.0. The Morgan fingerprint density at radius 2 is 1.80 bits per heavy atom. The summed E-state index contributed by atoms with van der Waals surface area (Å²) in [6.45, 7) is 8.36. The Morgan fingerprint density at radius 1 is 1.06 bits per heavy atom.